The maximum Gasteiger partial charge on any atom is 0.265 e. The number of aliphatic hydroxyl groups excluding tert-OH is 1. The van der Waals surface area contributed by atoms with E-state index in [4.69, 9.17) is 10.4 Å². The van der Waals surface area contributed by atoms with Crippen LogP contribution >= 0.6 is 11.8 Å². The largest absolute Gasteiger partial charge is 0.394 e. The lowest BCUT2D eigenvalue weighted by atomic mass is 10.1. The smallest absolute Gasteiger partial charge is 0.265 e. The summed E-state index contributed by atoms with van der Waals surface area (Å²) in [7, 11) is 0. The van der Waals surface area contributed by atoms with Gasteiger partial charge in [0, 0.05) is 6.54 Å². The third-order valence-electron chi connectivity index (χ3n) is 2.59. The molecule has 0 saturated carbocycles. The van der Waals surface area contributed by atoms with Crippen LogP contribution in [0.25, 0.3) is 0 Å². The van der Waals surface area contributed by atoms with Gasteiger partial charge in [-0.1, -0.05) is 11.8 Å². The van der Waals surface area contributed by atoms with Gasteiger partial charge in [-0.05, 0) is 20.8 Å². The average molecular weight is 283 g/mol. The molecule has 1 saturated heterocycles. The monoisotopic (exact) mass is 283 g/mol. The van der Waals surface area contributed by atoms with Crippen LogP contribution in [-0.4, -0.2) is 46.3 Å². The van der Waals surface area contributed by atoms with Crippen molar-refractivity contribution in [3.63, 3.8) is 0 Å². The summed E-state index contributed by atoms with van der Waals surface area (Å²) in [5.41, 5.74) is -0.899. The zero-order chi connectivity index (χ0) is 14.6. The Morgan fingerprint density at radius 2 is 2.26 bits per heavy atom. The van der Waals surface area contributed by atoms with E-state index in [9.17, 15) is 9.59 Å². The Kier molecular flexibility index (Phi) is 4.97. The van der Waals surface area contributed by atoms with Gasteiger partial charge in [0.2, 0.25) is 5.91 Å². The Labute approximate surface area is 116 Å². The minimum atomic E-state index is -0.815. The molecule has 0 radical (unpaired) electrons. The lowest BCUT2D eigenvalue weighted by Crippen LogP contribution is -2.47. The summed E-state index contributed by atoms with van der Waals surface area (Å²) in [5, 5.41) is 21.2. The van der Waals surface area contributed by atoms with Gasteiger partial charge in [-0.15, -0.1) is 0 Å². The number of thioether (sulfide) groups is 1. The van der Waals surface area contributed by atoms with Gasteiger partial charge in [0.05, 0.1) is 17.9 Å². The van der Waals surface area contributed by atoms with E-state index in [0.29, 0.717) is 11.6 Å². The SMILES string of the molecule is CCN1C(=O)CS/C1=C(\C#N)C(=O)NC(C)(C)CO. The summed E-state index contributed by atoms with van der Waals surface area (Å²) in [5.74, 6) is -0.438. The predicted molar refractivity (Wildman–Crippen MR) is 71.8 cm³/mol. The van der Waals surface area contributed by atoms with E-state index in [1.165, 1.54) is 16.7 Å². The molecule has 6 nitrogen and oxygen atoms in total. The Bertz CT molecular complexity index is 465. The van der Waals surface area contributed by atoms with Gasteiger partial charge in [-0.2, -0.15) is 5.26 Å². The first-order chi connectivity index (χ1) is 8.86. The molecule has 104 valence electrons. The van der Waals surface area contributed by atoms with Crippen molar-refractivity contribution in [3.8, 4) is 6.07 Å². The van der Waals surface area contributed by atoms with Crippen molar-refractivity contribution in [2.75, 3.05) is 18.9 Å². The van der Waals surface area contributed by atoms with Crippen molar-refractivity contribution in [1.29, 1.82) is 5.26 Å². The van der Waals surface area contributed by atoms with Crippen molar-refractivity contribution in [1.82, 2.24) is 10.2 Å². The Balaban J connectivity index is 3.04. The van der Waals surface area contributed by atoms with Crippen LogP contribution in [0.15, 0.2) is 10.6 Å². The molecule has 0 bridgehead atoms. The standard InChI is InChI=1S/C12H17N3O3S/c1-4-15-9(17)6-19-11(15)8(5-13)10(18)14-12(2,3)7-16/h16H,4,6-7H2,1-3H3,(H,14,18)/b11-8+. The van der Waals surface area contributed by atoms with Crippen LogP contribution in [0.3, 0.4) is 0 Å². The summed E-state index contributed by atoms with van der Waals surface area (Å²) >= 11 is 1.19. The highest BCUT2D eigenvalue weighted by Gasteiger charge is 2.32. The van der Waals surface area contributed by atoms with Crippen molar-refractivity contribution in [3.05, 3.63) is 10.6 Å². The Morgan fingerprint density at radius 3 is 2.74 bits per heavy atom. The van der Waals surface area contributed by atoms with Gasteiger partial charge in [0.1, 0.15) is 16.7 Å². The fraction of sp³-hybridized carbons (Fsp3) is 0.583. The van der Waals surface area contributed by atoms with Gasteiger partial charge in [0.25, 0.3) is 5.91 Å². The second kappa shape index (κ2) is 6.08. The van der Waals surface area contributed by atoms with Crippen LogP contribution in [0.2, 0.25) is 0 Å². The van der Waals surface area contributed by atoms with Crippen molar-refractivity contribution in [2.24, 2.45) is 0 Å². The Hall–Kier alpha value is -1.52. The molecular weight excluding hydrogens is 266 g/mol. The minimum absolute atomic E-state index is 0.0841. The molecule has 1 aliphatic rings. The number of rotatable bonds is 4. The van der Waals surface area contributed by atoms with E-state index in [1.807, 2.05) is 6.07 Å². The lowest BCUT2D eigenvalue weighted by Gasteiger charge is -2.24. The molecule has 0 spiro atoms. The van der Waals surface area contributed by atoms with E-state index < -0.39 is 11.4 Å². The third-order valence-corrected chi connectivity index (χ3v) is 3.68. The molecule has 0 aromatic heterocycles. The maximum absolute atomic E-state index is 12.1. The zero-order valence-corrected chi connectivity index (χ0v) is 12.0. The molecule has 2 amide bonds. The first kappa shape index (κ1) is 15.5. The van der Waals surface area contributed by atoms with Gasteiger partial charge in [-0.3, -0.25) is 9.59 Å². The molecule has 0 aliphatic carbocycles. The van der Waals surface area contributed by atoms with Crippen molar-refractivity contribution >= 4 is 23.6 Å². The van der Waals surface area contributed by atoms with E-state index in [2.05, 4.69) is 5.32 Å². The molecule has 0 aromatic rings. The fourth-order valence-corrected chi connectivity index (χ4v) is 2.62. The molecule has 2 N–H and O–H groups in total. The summed E-state index contributed by atoms with van der Waals surface area (Å²) < 4.78 is 0. The molecule has 7 heteroatoms. The van der Waals surface area contributed by atoms with Crippen LogP contribution in [0.1, 0.15) is 20.8 Å². The predicted octanol–water partition coefficient (Wildman–Crippen LogP) is 0.204. The summed E-state index contributed by atoms with van der Waals surface area (Å²) in [4.78, 5) is 25.1. The van der Waals surface area contributed by atoms with Gasteiger partial charge in [-0.25, -0.2) is 0 Å². The average Bonchev–Trinajstić information content (AvgIpc) is 2.71. The molecule has 0 unspecified atom stereocenters. The highest BCUT2D eigenvalue weighted by atomic mass is 32.2. The minimum Gasteiger partial charge on any atom is -0.394 e. The highest BCUT2D eigenvalue weighted by Crippen LogP contribution is 2.31. The quantitative estimate of drug-likeness (QED) is 0.568. The van der Waals surface area contributed by atoms with E-state index in [-0.39, 0.29) is 23.8 Å². The summed E-state index contributed by atoms with van der Waals surface area (Å²) in [6, 6.07) is 1.85. The Morgan fingerprint density at radius 1 is 1.63 bits per heavy atom. The normalized spacial score (nSPS) is 18.3. The maximum atomic E-state index is 12.1. The molecule has 0 atom stereocenters. The van der Waals surface area contributed by atoms with Crippen LogP contribution in [0.5, 0.6) is 0 Å². The molecule has 1 heterocycles. The van der Waals surface area contributed by atoms with Gasteiger partial charge < -0.3 is 15.3 Å². The van der Waals surface area contributed by atoms with Crippen LogP contribution in [0, 0.1) is 11.3 Å². The van der Waals surface area contributed by atoms with Crippen LogP contribution in [0.4, 0.5) is 0 Å². The lowest BCUT2D eigenvalue weighted by molar-refractivity contribution is -0.125. The number of carbonyl (C=O) groups excluding carboxylic acids is 2. The van der Waals surface area contributed by atoms with Crippen molar-refractivity contribution in [2.45, 2.75) is 26.3 Å². The molecule has 0 aromatic carbocycles. The first-order valence-corrected chi connectivity index (χ1v) is 6.85. The number of carbonyl (C=O) groups is 2. The van der Waals surface area contributed by atoms with Gasteiger partial charge in [0.15, 0.2) is 0 Å². The number of aliphatic hydroxyl groups is 1. The molecule has 1 fully saturated rings. The van der Waals surface area contributed by atoms with Gasteiger partial charge >= 0.3 is 0 Å². The number of nitrogens with one attached hydrogen (secondary N) is 1. The second-order valence-electron chi connectivity index (χ2n) is 4.71. The van der Waals surface area contributed by atoms with E-state index in [0.717, 1.165) is 0 Å². The topological polar surface area (TPSA) is 93.4 Å². The van der Waals surface area contributed by atoms with E-state index in [1.54, 1.807) is 20.8 Å². The molecule has 1 rings (SSSR count). The number of hydrogen-bond acceptors (Lipinski definition) is 5. The number of nitrogens with zero attached hydrogens (tertiary/aromatic N) is 2. The zero-order valence-electron chi connectivity index (χ0n) is 11.2. The number of hydrogen-bond donors (Lipinski definition) is 2. The third kappa shape index (κ3) is 3.49. The number of amides is 2. The first-order valence-electron chi connectivity index (χ1n) is 5.87. The highest BCUT2D eigenvalue weighted by molar-refractivity contribution is 8.04. The van der Waals surface area contributed by atoms with Crippen LogP contribution < -0.4 is 5.32 Å². The molecule has 19 heavy (non-hydrogen) atoms. The number of nitriles is 1. The van der Waals surface area contributed by atoms with Crippen LogP contribution in [-0.2, 0) is 9.59 Å². The second-order valence-corrected chi connectivity index (χ2v) is 5.68. The van der Waals surface area contributed by atoms with E-state index >= 15 is 0 Å². The fourth-order valence-electron chi connectivity index (χ4n) is 1.53. The molecular formula is C12H17N3O3S. The summed E-state index contributed by atoms with van der Waals surface area (Å²) in [6.45, 7) is 5.26. The molecule has 1 aliphatic heterocycles. The summed E-state index contributed by atoms with van der Waals surface area (Å²) in [6.07, 6.45) is 0. The van der Waals surface area contributed by atoms with Crippen molar-refractivity contribution < 1.29 is 14.7 Å².